The lowest BCUT2D eigenvalue weighted by atomic mass is 9.92. The largest absolute Gasteiger partial charge is 0.393 e. The minimum absolute atomic E-state index is 0.0465. The maximum Gasteiger partial charge on any atom is 0.0592 e. The van der Waals surface area contributed by atoms with Gasteiger partial charge in [0.25, 0.3) is 0 Å². The highest BCUT2D eigenvalue weighted by Gasteiger charge is 2.25. The Balaban J connectivity index is 1.62. The highest BCUT2D eigenvalue weighted by Crippen LogP contribution is 2.20. The van der Waals surface area contributed by atoms with Crippen LogP contribution >= 0.6 is 0 Å². The number of nitrogens with zero attached hydrogens (tertiary/aromatic N) is 2. The third-order valence-electron chi connectivity index (χ3n) is 4.45. The van der Waals surface area contributed by atoms with E-state index in [1.54, 1.807) is 0 Å². The second-order valence-corrected chi connectivity index (χ2v) is 5.73. The van der Waals surface area contributed by atoms with Gasteiger partial charge in [0, 0.05) is 13.1 Å². The van der Waals surface area contributed by atoms with Crippen LogP contribution < -0.4 is 0 Å². The lowest BCUT2D eigenvalue weighted by Gasteiger charge is -2.36. The Bertz CT molecular complexity index is 216. The summed E-state index contributed by atoms with van der Waals surface area (Å²) < 4.78 is 0. The molecule has 100 valence electrons. The molecule has 2 aliphatic heterocycles. The van der Waals surface area contributed by atoms with Gasteiger partial charge in [-0.15, -0.1) is 0 Å². The molecule has 0 bridgehead atoms. The van der Waals surface area contributed by atoms with Crippen LogP contribution in [0.25, 0.3) is 0 Å². The summed E-state index contributed by atoms with van der Waals surface area (Å²) in [5, 5.41) is 9.85. The van der Waals surface area contributed by atoms with Gasteiger partial charge < -0.3 is 14.9 Å². The maximum absolute atomic E-state index is 9.85. The van der Waals surface area contributed by atoms with Crippen molar-refractivity contribution in [2.24, 2.45) is 5.92 Å². The predicted molar refractivity (Wildman–Crippen MR) is 71.1 cm³/mol. The van der Waals surface area contributed by atoms with Crippen LogP contribution in [0, 0.1) is 5.92 Å². The van der Waals surface area contributed by atoms with E-state index in [1.807, 2.05) is 0 Å². The monoisotopic (exact) mass is 240 g/mol. The lowest BCUT2D eigenvalue weighted by Crippen LogP contribution is -2.43. The van der Waals surface area contributed by atoms with Crippen molar-refractivity contribution in [2.75, 3.05) is 39.3 Å². The smallest absolute Gasteiger partial charge is 0.0592 e. The highest BCUT2D eigenvalue weighted by atomic mass is 16.3. The van der Waals surface area contributed by atoms with E-state index >= 15 is 0 Å². The van der Waals surface area contributed by atoms with Gasteiger partial charge in [-0.2, -0.15) is 0 Å². The van der Waals surface area contributed by atoms with Crippen LogP contribution in [-0.2, 0) is 0 Å². The van der Waals surface area contributed by atoms with E-state index in [1.165, 1.54) is 45.4 Å². The average Bonchev–Trinajstić information content (AvgIpc) is 2.84. The minimum Gasteiger partial charge on any atom is -0.393 e. The number of aliphatic hydroxyl groups excluding tert-OH is 1. The Labute approximate surface area is 106 Å². The molecule has 2 atom stereocenters. The Hall–Kier alpha value is -0.120. The summed E-state index contributed by atoms with van der Waals surface area (Å²) in [6.07, 6.45) is 6.13. The zero-order chi connectivity index (χ0) is 12.1. The minimum atomic E-state index is -0.0465. The highest BCUT2D eigenvalue weighted by molar-refractivity contribution is 4.79. The molecule has 1 N–H and O–H groups in total. The first-order valence-electron chi connectivity index (χ1n) is 7.42. The second-order valence-electron chi connectivity index (χ2n) is 5.73. The summed E-state index contributed by atoms with van der Waals surface area (Å²) in [6.45, 7) is 9.53. The number of hydrogen-bond donors (Lipinski definition) is 1. The summed E-state index contributed by atoms with van der Waals surface area (Å²) in [5.41, 5.74) is 0. The summed E-state index contributed by atoms with van der Waals surface area (Å²) in [4.78, 5) is 5.15. The van der Waals surface area contributed by atoms with Crippen molar-refractivity contribution < 1.29 is 5.11 Å². The van der Waals surface area contributed by atoms with Gasteiger partial charge in [0.05, 0.1) is 6.10 Å². The summed E-state index contributed by atoms with van der Waals surface area (Å²) in [7, 11) is 0. The van der Waals surface area contributed by atoms with Crippen LogP contribution in [0.1, 0.15) is 39.0 Å². The number of rotatable bonds is 5. The average molecular weight is 240 g/mol. The molecule has 0 spiro atoms. The van der Waals surface area contributed by atoms with E-state index in [0.717, 1.165) is 25.9 Å². The van der Waals surface area contributed by atoms with E-state index < -0.39 is 0 Å². The number of likely N-dealkylation sites (tertiary alicyclic amines) is 2. The fourth-order valence-electron chi connectivity index (χ4n) is 3.22. The first kappa shape index (κ1) is 13.3. The molecule has 3 heteroatoms. The first-order valence-corrected chi connectivity index (χ1v) is 7.42. The standard InChI is InChI=1S/C14H28N2O/c1-2-13-12-16(11-6-14(13)17)10-5-9-15-7-3-4-8-15/h13-14,17H,2-12H2,1H3. The summed E-state index contributed by atoms with van der Waals surface area (Å²) >= 11 is 0. The number of hydrogen-bond acceptors (Lipinski definition) is 3. The van der Waals surface area contributed by atoms with Crippen LogP contribution in [0.2, 0.25) is 0 Å². The second kappa shape index (κ2) is 6.72. The van der Waals surface area contributed by atoms with Gasteiger partial charge >= 0.3 is 0 Å². The normalized spacial score (nSPS) is 32.1. The van der Waals surface area contributed by atoms with E-state index in [0.29, 0.717) is 5.92 Å². The molecule has 2 saturated heterocycles. The van der Waals surface area contributed by atoms with Crippen LogP contribution in [0.15, 0.2) is 0 Å². The zero-order valence-corrected chi connectivity index (χ0v) is 11.3. The van der Waals surface area contributed by atoms with Crippen molar-refractivity contribution >= 4 is 0 Å². The van der Waals surface area contributed by atoms with Crippen molar-refractivity contribution in [1.29, 1.82) is 0 Å². The number of piperidine rings is 1. The molecule has 0 radical (unpaired) electrons. The van der Waals surface area contributed by atoms with Crippen LogP contribution in [0.4, 0.5) is 0 Å². The Morgan fingerprint density at radius 2 is 1.76 bits per heavy atom. The Kier molecular flexibility index (Phi) is 5.26. The molecular formula is C14H28N2O. The lowest BCUT2D eigenvalue weighted by molar-refractivity contribution is 0.0241. The molecule has 0 aliphatic carbocycles. The topological polar surface area (TPSA) is 26.7 Å². The molecule has 0 amide bonds. The molecule has 2 fully saturated rings. The van der Waals surface area contributed by atoms with Gasteiger partial charge in [-0.05, 0) is 64.2 Å². The SMILES string of the molecule is CCC1CN(CCCN2CCCC2)CCC1O. The van der Waals surface area contributed by atoms with Crippen LogP contribution in [0.5, 0.6) is 0 Å². The van der Waals surface area contributed by atoms with Gasteiger partial charge in [-0.3, -0.25) is 0 Å². The van der Waals surface area contributed by atoms with Crippen molar-refractivity contribution in [3.05, 3.63) is 0 Å². The third-order valence-corrected chi connectivity index (χ3v) is 4.45. The maximum atomic E-state index is 9.85. The fourth-order valence-corrected chi connectivity index (χ4v) is 3.22. The van der Waals surface area contributed by atoms with Crippen molar-refractivity contribution in [3.8, 4) is 0 Å². The van der Waals surface area contributed by atoms with Crippen LogP contribution in [-0.4, -0.2) is 60.3 Å². The van der Waals surface area contributed by atoms with Gasteiger partial charge in [-0.1, -0.05) is 6.92 Å². The molecule has 2 heterocycles. The van der Waals surface area contributed by atoms with Gasteiger partial charge in [0.2, 0.25) is 0 Å². The number of aliphatic hydroxyl groups is 1. The molecule has 2 unspecified atom stereocenters. The van der Waals surface area contributed by atoms with Gasteiger partial charge in [0.15, 0.2) is 0 Å². The molecule has 3 nitrogen and oxygen atoms in total. The predicted octanol–water partition coefficient (Wildman–Crippen LogP) is 1.57. The quantitative estimate of drug-likeness (QED) is 0.790. The molecule has 2 rings (SSSR count). The van der Waals surface area contributed by atoms with Crippen LogP contribution in [0.3, 0.4) is 0 Å². The third kappa shape index (κ3) is 3.94. The Morgan fingerprint density at radius 3 is 2.47 bits per heavy atom. The fraction of sp³-hybridized carbons (Fsp3) is 1.00. The van der Waals surface area contributed by atoms with E-state index in [9.17, 15) is 5.11 Å². The van der Waals surface area contributed by atoms with Gasteiger partial charge in [0.1, 0.15) is 0 Å². The van der Waals surface area contributed by atoms with Gasteiger partial charge in [-0.25, -0.2) is 0 Å². The van der Waals surface area contributed by atoms with E-state index in [2.05, 4.69) is 16.7 Å². The summed E-state index contributed by atoms with van der Waals surface area (Å²) in [5.74, 6) is 0.510. The Morgan fingerprint density at radius 1 is 1.06 bits per heavy atom. The first-order chi connectivity index (χ1) is 8.29. The molecule has 2 aliphatic rings. The van der Waals surface area contributed by atoms with Crippen molar-refractivity contribution in [3.63, 3.8) is 0 Å². The molecule has 0 aromatic rings. The van der Waals surface area contributed by atoms with E-state index in [4.69, 9.17) is 0 Å². The zero-order valence-electron chi connectivity index (χ0n) is 11.3. The van der Waals surface area contributed by atoms with Crippen molar-refractivity contribution in [1.82, 2.24) is 9.80 Å². The molecule has 17 heavy (non-hydrogen) atoms. The molecule has 0 saturated carbocycles. The molecule has 0 aromatic heterocycles. The molecular weight excluding hydrogens is 212 g/mol. The molecule has 0 aromatic carbocycles. The van der Waals surface area contributed by atoms with Crippen molar-refractivity contribution in [2.45, 2.75) is 45.1 Å². The summed E-state index contributed by atoms with van der Waals surface area (Å²) in [6, 6.07) is 0. The van der Waals surface area contributed by atoms with E-state index in [-0.39, 0.29) is 6.10 Å².